The van der Waals surface area contributed by atoms with Crippen LogP contribution in [0.25, 0.3) is 0 Å². The average molecular weight is 679 g/mol. The van der Waals surface area contributed by atoms with E-state index >= 15 is 0 Å². The van der Waals surface area contributed by atoms with Crippen LogP contribution in [0, 0.1) is 31.1 Å². The zero-order valence-corrected chi connectivity index (χ0v) is 33.1. The summed E-state index contributed by atoms with van der Waals surface area (Å²) in [6.07, 6.45) is 29.4. The Labute approximate surface area is 303 Å². The number of unbranched alkanes of at least 4 members (excludes halogenated alkanes) is 2. The van der Waals surface area contributed by atoms with Gasteiger partial charge in [-0.3, -0.25) is 4.90 Å². The van der Waals surface area contributed by atoms with Crippen LogP contribution < -0.4 is 9.64 Å². The van der Waals surface area contributed by atoms with E-state index < -0.39 is 0 Å². The van der Waals surface area contributed by atoms with Crippen LogP contribution in [0.3, 0.4) is 0 Å². The zero-order chi connectivity index (χ0) is 36.3. The monoisotopic (exact) mass is 679 g/mol. The molecule has 270 valence electrons. The highest BCUT2D eigenvalue weighted by atomic mass is 32.2. The van der Waals surface area contributed by atoms with E-state index in [1.54, 1.807) is 5.56 Å². The fraction of sp³-hybridized carbons (Fsp3) is 0.628. The summed E-state index contributed by atoms with van der Waals surface area (Å²) in [6.45, 7) is 19.4. The van der Waals surface area contributed by atoms with Crippen molar-refractivity contribution in [2.24, 2.45) is 5.41 Å². The molecule has 0 unspecified atom stereocenters. The van der Waals surface area contributed by atoms with Gasteiger partial charge in [0.2, 0.25) is 0 Å². The van der Waals surface area contributed by atoms with Crippen LogP contribution in [-0.2, 0) is 6.42 Å². The second kappa shape index (κ2) is 27.3. The third kappa shape index (κ3) is 16.7. The largest absolute Gasteiger partial charge is 0.493 e. The molecule has 1 saturated heterocycles. The molecular weight excluding hydrogens is 607 g/mol. The first-order valence-electron chi connectivity index (χ1n) is 18.7. The highest BCUT2D eigenvalue weighted by Gasteiger charge is 2.32. The summed E-state index contributed by atoms with van der Waals surface area (Å²) < 4.78 is 7.11. The van der Waals surface area contributed by atoms with E-state index in [2.05, 4.69) is 107 Å². The second-order valence-electron chi connectivity index (χ2n) is 13.2. The van der Waals surface area contributed by atoms with E-state index in [-0.39, 0.29) is 0 Å². The smallest absolute Gasteiger partial charge is 0.119 e. The van der Waals surface area contributed by atoms with Gasteiger partial charge in [-0.1, -0.05) is 78.5 Å². The van der Waals surface area contributed by atoms with Gasteiger partial charge >= 0.3 is 0 Å². The predicted molar refractivity (Wildman–Crippen MR) is 216 cm³/mol. The van der Waals surface area contributed by atoms with E-state index in [0.29, 0.717) is 5.41 Å². The van der Waals surface area contributed by atoms with E-state index in [4.69, 9.17) is 4.74 Å². The maximum absolute atomic E-state index is 5.82. The van der Waals surface area contributed by atoms with Gasteiger partial charge in [0.15, 0.2) is 0 Å². The average Bonchev–Trinajstić information content (AvgIpc) is 3.32. The predicted octanol–water partition coefficient (Wildman–Crippen LogP) is 10.3. The summed E-state index contributed by atoms with van der Waals surface area (Å²) >= 11 is 2.12. The van der Waals surface area contributed by atoms with Crippen molar-refractivity contribution in [2.45, 2.75) is 104 Å². The molecule has 5 heteroatoms. The number of terminal acetylenes is 2. The van der Waals surface area contributed by atoms with Gasteiger partial charge in [-0.2, -0.15) is 0 Å². The molecule has 2 aliphatic rings. The number of fused-ring (bicyclic) bond motifs is 1. The zero-order valence-electron chi connectivity index (χ0n) is 32.3. The second-order valence-corrected chi connectivity index (χ2v) is 14.3. The molecule has 1 fully saturated rings. The normalized spacial score (nSPS) is 15.8. The first kappa shape index (κ1) is 45.4. The van der Waals surface area contributed by atoms with Gasteiger partial charge < -0.3 is 14.1 Å². The van der Waals surface area contributed by atoms with Gasteiger partial charge in [0.05, 0.1) is 32.8 Å². The molecule has 0 radical (unpaired) electrons. The Morgan fingerprint density at radius 3 is 1.98 bits per heavy atom. The molecule has 2 aromatic carbocycles. The van der Waals surface area contributed by atoms with E-state index in [0.717, 1.165) is 18.8 Å². The van der Waals surface area contributed by atoms with Gasteiger partial charge in [-0.25, -0.2) is 0 Å². The fourth-order valence-corrected chi connectivity index (χ4v) is 8.04. The van der Waals surface area contributed by atoms with Crippen molar-refractivity contribution in [2.75, 3.05) is 77.7 Å². The SMILES string of the molecule is C#C.C#C.CC.CCCCC1(CCCC)CCc2cc(N(C)C)ccc2SC1.CCC[N+]1(CCCOc2ccccc2)CCN(C)CC1. The molecule has 2 heterocycles. The lowest BCUT2D eigenvalue weighted by Gasteiger charge is -2.44. The number of thioether (sulfide) groups is 1. The van der Waals surface area contributed by atoms with Gasteiger partial charge in [-0.05, 0) is 80.5 Å². The van der Waals surface area contributed by atoms with Crippen LogP contribution >= 0.6 is 11.8 Å². The van der Waals surface area contributed by atoms with Crippen LogP contribution in [0.1, 0.15) is 98.0 Å². The summed E-state index contributed by atoms with van der Waals surface area (Å²) in [5.41, 5.74) is 3.49. The first-order chi connectivity index (χ1) is 23.3. The van der Waals surface area contributed by atoms with Crippen LogP contribution in [0.2, 0.25) is 0 Å². The number of quaternary nitrogens is 1. The van der Waals surface area contributed by atoms with Gasteiger partial charge in [0, 0.05) is 49.9 Å². The third-order valence-corrected chi connectivity index (χ3v) is 11.0. The minimum absolute atomic E-state index is 0.577. The van der Waals surface area contributed by atoms with Crippen molar-refractivity contribution >= 4 is 17.4 Å². The molecule has 2 aromatic rings. The maximum Gasteiger partial charge on any atom is 0.119 e. The van der Waals surface area contributed by atoms with Crippen molar-refractivity contribution in [1.82, 2.24) is 4.90 Å². The Morgan fingerprint density at radius 2 is 1.44 bits per heavy atom. The number of rotatable bonds is 14. The van der Waals surface area contributed by atoms with Crippen LogP contribution in [0.15, 0.2) is 53.4 Å². The van der Waals surface area contributed by atoms with Gasteiger partial charge in [-0.15, -0.1) is 37.5 Å². The van der Waals surface area contributed by atoms with Crippen LogP contribution in [-0.4, -0.2) is 82.2 Å². The number of likely N-dealkylation sites (N-methyl/N-ethyl adjacent to an activating group) is 1. The summed E-state index contributed by atoms with van der Waals surface area (Å²) in [4.78, 5) is 6.20. The van der Waals surface area contributed by atoms with Gasteiger partial charge in [0.1, 0.15) is 5.75 Å². The summed E-state index contributed by atoms with van der Waals surface area (Å²) in [5, 5.41) is 0. The Hall–Kier alpha value is -2.57. The lowest BCUT2D eigenvalue weighted by Crippen LogP contribution is -2.59. The number of benzene rings is 2. The number of nitrogens with zero attached hydrogens (tertiary/aromatic N) is 3. The molecule has 0 bridgehead atoms. The molecule has 4 nitrogen and oxygen atoms in total. The number of para-hydroxylation sites is 1. The van der Waals surface area contributed by atoms with Crippen molar-refractivity contribution in [3.8, 4) is 31.4 Å². The van der Waals surface area contributed by atoms with Crippen molar-refractivity contribution in [1.29, 1.82) is 0 Å². The number of aryl methyl sites for hydroxylation is 1. The van der Waals surface area contributed by atoms with E-state index in [1.807, 2.05) is 44.2 Å². The molecule has 48 heavy (non-hydrogen) atoms. The van der Waals surface area contributed by atoms with Crippen molar-refractivity contribution in [3.05, 3.63) is 54.1 Å². The maximum atomic E-state index is 5.82. The molecular formula is C43H72N3OS+. The van der Waals surface area contributed by atoms with Crippen LogP contribution in [0.4, 0.5) is 5.69 Å². The molecule has 4 rings (SSSR count). The standard InChI is InChI=1S/C20H33NS.C17H29N2O.C2H6.2C2H2/c1-5-7-12-20(13-8-6-2)14-11-17-15-18(21(3)4)9-10-19(17)22-16-20;1-3-12-19(14-10-18(2)11-15-19)13-7-16-20-17-8-5-4-6-9-17;3*1-2/h9-10,15H,5-8,11-14,16H2,1-4H3;4-6,8-9H,3,7,10-16H2,1-2H3;1-2H3;2*1-2H/q;+1;;;. The topological polar surface area (TPSA) is 15.7 Å². The summed E-state index contributed by atoms with van der Waals surface area (Å²) in [6, 6.07) is 17.2. The molecule has 0 aliphatic carbocycles. The lowest BCUT2D eigenvalue weighted by atomic mass is 9.75. The van der Waals surface area contributed by atoms with Crippen LogP contribution in [0.5, 0.6) is 5.75 Å². The Balaban J connectivity index is 0.000000799. The number of hydrogen-bond donors (Lipinski definition) is 0. The highest BCUT2D eigenvalue weighted by Crippen LogP contribution is 2.45. The lowest BCUT2D eigenvalue weighted by molar-refractivity contribution is -0.932. The highest BCUT2D eigenvalue weighted by molar-refractivity contribution is 7.99. The van der Waals surface area contributed by atoms with Gasteiger partial charge in [0.25, 0.3) is 0 Å². The quantitative estimate of drug-likeness (QED) is 0.112. The molecule has 2 aliphatic heterocycles. The third-order valence-electron chi connectivity index (χ3n) is 9.54. The number of ether oxygens (including phenoxy) is 1. The molecule has 0 spiro atoms. The van der Waals surface area contributed by atoms with E-state index in [1.165, 1.54) is 118 Å². The Kier molecular flexibility index (Phi) is 25.8. The number of hydrogen-bond acceptors (Lipinski definition) is 4. The molecule has 0 aromatic heterocycles. The Morgan fingerprint density at radius 1 is 0.833 bits per heavy atom. The first-order valence-corrected chi connectivity index (χ1v) is 19.6. The molecule has 0 amide bonds. The molecule has 0 N–H and O–H groups in total. The summed E-state index contributed by atoms with van der Waals surface area (Å²) in [5.74, 6) is 2.31. The molecule has 0 saturated carbocycles. The summed E-state index contributed by atoms with van der Waals surface area (Å²) in [7, 11) is 6.51. The fourth-order valence-electron chi connectivity index (χ4n) is 6.64. The van der Waals surface area contributed by atoms with E-state index in [9.17, 15) is 0 Å². The van der Waals surface area contributed by atoms with Crippen molar-refractivity contribution in [3.63, 3.8) is 0 Å². The van der Waals surface area contributed by atoms with Crippen molar-refractivity contribution < 1.29 is 9.22 Å². The number of piperazine rings is 1. The molecule has 0 atom stereocenters. The number of anilines is 1. The minimum atomic E-state index is 0.577. The minimum Gasteiger partial charge on any atom is -0.493 e. The Bertz CT molecular complexity index is 1070.